The van der Waals surface area contributed by atoms with Gasteiger partial charge in [-0.05, 0) is 25.0 Å². The number of amides is 1. The maximum atomic E-state index is 12.0. The van der Waals surface area contributed by atoms with E-state index in [2.05, 4.69) is 19.2 Å². The van der Waals surface area contributed by atoms with Gasteiger partial charge in [-0.25, -0.2) is 0 Å². The van der Waals surface area contributed by atoms with Crippen LogP contribution in [-0.2, 0) is 0 Å². The first-order valence-corrected chi connectivity index (χ1v) is 6.70. The van der Waals surface area contributed by atoms with E-state index >= 15 is 0 Å². The predicted molar refractivity (Wildman–Crippen MR) is 78.8 cm³/mol. The topological polar surface area (TPSA) is 55.1 Å². The number of nitrogens with two attached hydrogens (primary N) is 1. The molecule has 1 amide bonds. The van der Waals surface area contributed by atoms with Crippen LogP contribution in [0.5, 0.6) is 0 Å². The van der Waals surface area contributed by atoms with Crippen molar-refractivity contribution in [1.82, 2.24) is 5.32 Å². The van der Waals surface area contributed by atoms with Crippen molar-refractivity contribution in [2.45, 2.75) is 39.2 Å². The van der Waals surface area contributed by atoms with Gasteiger partial charge in [-0.1, -0.05) is 44.6 Å². The van der Waals surface area contributed by atoms with E-state index in [0.29, 0.717) is 10.6 Å². The normalized spacial score (nSPS) is 11.9. The van der Waals surface area contributed by atoms with E-state index < -0.39 is 0 Å². The van der Waals surface area contributed by atoms with Gasteiger partial charge in [0.05, 0.1) is 0 Å². The first-order chi connectivity index (χ1) is 8.58. The predicted octanol–water partition coefficient (Wildman–Crippen LogP) is 2.63. The monoisotopic (exact) mass is 264 g/mol. The van der Waals surface area contributed by atoms with Gasteiger partial charge in [-0.15, -0.1) is 0 Å². The van der Waals surface area contributed by atoms with E-state index in [4.69, 9.17) is 18.0 Å². The highest BCUT2D eigenvalue weighted by Gasteiger charge is 2.11. The van der Waals surface area contributed by atoms with E-state index in [0.717, 1.165) is 24.8 Å². The molecule has 1 aromatic carbocycles. The number of nitrogens with one attached hydrogen (secondary N) is 1. The van der Waals surface area contributed by atoms with Gasteiger partial charge in [-0.3, -0.25) is 4.79 Å². The molecule has 98 valence electrons. The second kappa shape index (κ2) is 7.11. The highest BCUT2D eigenvalue weighted by atomic mass is 32.1. The molecule has 4 heteroatoms. The number of benzene rings is 1. The lowest BCUT2D eigenvalue weighted by atomic mass is 10.1. The Morgan fingerprint density at radius 3 is 2.28 bits per heavy atom. The summed E-state index contributed by atoms with van der Waals surface area (Å²) in [7, 11) is 0. The number of carbonyl (C=O) groups is 1. The van der Waals surface area contributed by atoms with Gasteiger partial charge in [0.2, 0.25) is 0 Å². The van der Waals surface area contributed by atoms with Crippen LogP contribution in [0.2, 0.25) is 0 Å². The Labute approximate surface area is 114 Å². The Balaban J connectivity index is 2.69. The van der Waals surface area contributed by atoms with Crippen molar-refractivity contribution >= 4 is 23.1 Å². The van der Waals surface area contributed by atoms with E-state index in [9.17, 15) is 4.79 Å². The maximum Gasteiger partial charge on any atom is 0.251 e. The molecule has 0 spiro atoms. The third-order valence-electron chi connectivity index (χ3n) is 2.90. The molecule has 0 heterocycles. The second-order valence-electron chi connectivity index (χ2n) is 4.31. The smallest absolute Gasteiger partial charge is 0.251 e. The molecule has 0 fully saturated rings. The second-order valence-corrected chi connectivity index (χ2v) is 4.75. The summed E-state index contributed by atoms with van der Waals surface area (Å²) >= 11 is 4.87. The van der Waals surface area contributed by atoms with Crippen LogP contribution in [0.4, 0.5) is 0 Å². The number of hydrogen-bond acceptors (Lipinski definition) is 2. The minimum atomic E-state index is -0.0372. The highest BCUT2D eigenvalue weighted by Crippen LogP contribution is 2.07. The fourth-order valence-electron chi connectivity index (χ4n) is 1.78. The maximum absolute atomic E-state index is 12.0. The van der Waals surface area contributed by atoms with Crippen molar-refractivity contribution in [2.24, 2.45) is 5.73 Å². The largest absolute Gasteiger partial charge is 0.389 e. The van der Waals surface area contributed by atoms with Crippen molar-refractivity contribution in [3.63, 3.8) is 0 Å². The van der Waals surface area contributed by atoms with Crippen molar-refractivity contribution in [2.75, 3.05) is 0 Å². The first kappa shape index (κ1) is 14.6. The molecule has 1 rings (SSSR count). The van der Waals surface area contributed by atoms with Gasteiger partial charge in [0.15, 0.2) is 0 Å². The van der Waals surface area contributed by atoms with Crippen LogP contribution in [-0.4, -0.2) is 16.9 Å². The van der Waals surface area contributed by atoms with Crippen LogP contribution >= 0.6 is 12.2 Å². The molecular weight excluding hydrogens is 244 g/mol. The van der Waals surface area contributed by atoms with Crippen molar-refractivity contribution in [1.29, 1.82) is 0 Å². The summed E-state index contributed by atoms with van der Waals surface area (Å²) in [4.78, 5) is 12.3. The quantitative estimate of drug-likeness (QED) is 0.777. The first-order valence-electron chi connectivity index (χ1n) is 6.29. The fraction of sp³-hybridized carbons (Fsp3) is 0.429. The minimum Gasteiger partial charge on any atom is -0.389 e. The number of rotatable bonds is 6. The Morgan fingerprint density at radius 1 is 1.28 bits per heavy atom. The summed E-state index contributed by atoms with van der Waals surface area (Å²) in [5, 5.41) is 3.03. The Hall–Kier alpha value is -1.42. The van der Waals surface area contributed by atoms with Gasteiger partial charge in [-0.2, -0.15) is 0 Å². The molecule has 3 N–H and O–H groups in total. The van der Waals surface area contributed by atoms with Gasteiger partial charge in [0.25, 0.3) is 5.91 Å². The summed E-state index contributed by atoms with van der Waals surface area (Å²) in [6.45, 7) is 4.20. The summed E-state index contributed by atoms with van der Waals surface area (Å²) in [5.74, 6) is -0.0372. The molecule has 0 aromatic heterocycles. The zero-order valence-electron chi connectivity index (χ0n) is 10.9. The highest BCUT2D eigenvalue weighted by molar-refractivity contribution is 7.80. The lowest BCUT2D eigenvalue weighted by Gasteiger charge is -2.16. The number of hydrogen-bond donors (Lipinski definition) is 2. The van der Waals surface area contributed by atoms with Crippen LogP contribution < -0.4 is 11.1 Å². The van der Waals surface area contributed by atoms with Crippen molar-refractivity contribution < 1.29 is 4.79 Å². The Kier molecular flexibility index (Phi) is 5.78. The molecule has 0 aliphatic rings. The molecule has 3 nitrogen and oxygen atoms in total. The number of thiocarbonyl (C=S) groups is 1. The van der Waals surface area contributed by atoms with E-state index in [-0.39, 0.29) is 11.9 Å². The van der Waals surface area contributed by atoms with Gasteiger partial charge >= 0.3 is 0 Å². The van der Waals surface area contributed by atoms with Crippen LogP contribution in [0, 0.1) is 0 Å². The number of carbonyl (C=O) groups excluding carboxylic acids is 1. The summed E-state index contributed by atoms with van der Waals surface area (Å²) in [6, 6.07) is 7.30. The van der Waals surface area contributed by atoms with Crippen LogP contribution in [0.1, 0.15) is 49.0 Å². The Morgan fingerprint density at radius 2 is 1.83 bits per heavy atom. The van der Waals surface area contributed by atoms with Crippen molar-refractivity contribution in [3.05, 3.63) is 35.4 Å². The SMILES string of the molecule is CCCC(CC)NC(=O)c1ccc(C(N)=S)cc1. The standard InChI is InChI=1S/C14H20N2OS/c1-3-5-12(4-2)16-14(17)11-8-6-10(7-9-11)13(15)18/h6-9,12H,3-5H2,1-2H3,(H2,15,18)(H,16,17). The van der Waals surface area contributed by atoms with Crippen LogP contribution in [0.25, 0.3) is 0 Å². The van der Waals surface area contributed by atoms with Gasteiger partial charge in [0, 0.05) is 17.2 Å². The third-order valence-corrected chi connectivity index (χ3v) is 3.13. The van der Waals surface area contributed by atoms with Gasteiger partial charge in [0.1, 0.15) is 4.99 Å². The van der Waals surface area contributed by atoms with E-state index in [1.165, 1.54) is 0 Å². The Bertz CT molecular complexity index is 414. The average Bonchev–Trinajstić information content (AvgIpc) is 2.38. The molecule has 18 heavy (non-hydrogen) atoms. The molecule has 1 aromatic rings. The van der Waals surface area contributed by atoms with Gasteiger partial charge < -0.3 is 11.1 Å². The summed E-state index contributed by atoms with van der Waals surface area (Å²) < 4.78 is 0. The molecule has 0 aliphatic heterocycles. The molecule has 1 unspecified atom stereocenters. The van der Waals surface area contributed by atoms with E-state index in [1.807, 2.05) is 0 Å². The lowest BCUT2D eigenvalue weighted by molar-refractivity contribution is 0.0933. The molecule has 1 atom stereocenters. The minimum absolute atomic E-state index is 0.0372. The van der Waals surface area contributed by atoms with Crippen LogP contribution in [0.15, 0.2) is 24.3 Å². The summed E-state index contributed by atoms with van der Waals surface area (Å²) in [5.41, 5.74) is 6.94. The average molecular weight is 264 g/mol. The molecule has 0 radical (unpaired) electrons. The van der Waals surface area contributed by atoms with Crippen molar-refractivity contribution in [3.8, 4) is 0 Å². The third kappa shape index (κ3) is 4.11. The zero-order valence-corrected chi connectivity index (χ0v) is 11.7. The molecule has 0 saturated heterocycles. The van der Waals surface area contributed by atoms with Crippen LogP contribution in [0.3, 0.4) is 0 Å². The molecular formula is C14H20N2OS. The molecule has 0 aliphatic carbocycles. The van der Waals surface area contributed by atoms with E-state index in [1.54, 1.807) is 24.3 Å². The molecule has 0 saturated carbocycles. The zero-order chi connectivity index (χ0) is 13.5. The summed E-state index contributed by atoms with van der Waals surface area (Å²) in [6.07, 6.45) is 3.02. The fourth-order valence-corrected chi connectivity index (χ4v) is 1.92. The lowest BCUT2D eigenvalue weighted by Crippen LogP contribution is -2.34. The molecule has 0 bridgehead atoms.